The second kappa shape index (κ2) is 18.9. The smallest absolute Gasteiger partial charge is 0.408 e. The first-order valence-corrected chi connectivity index (χ1v) is 15.2. The fourth-order valence-electron chi connectivity index (χ4n) is 4.34. The van der Waals surface area contributed by atoms with Gasteiger partial charge < -0.3 is 29.6 Å². The minimum absolute atomic E-state index is 0.0515. The van der Waals surface area contributed by atoms with Gasteiger partial charge in [-0.3, -0.25) is 14.4 Å². The lowest BCUT2D eigenvalue weighted by molar-refractivity contribution is -0.155. The molecule has 0 aliphatic carbocycles. The molecule has 4 aromatic carbocycles. The average molecular weight is 653 g/mol. The first-order valence-electron chi connectivity index (χ1n) is 15.2. The zero-order chi connectivity index (χ0) is 34.0. The highest BCUT2D eigenvalue weighted by Crippen LogP contribution is 2.10. The molecule has 0 saturated heterocycles. The van der Waals surface area contributed by atoms with E-state index in [0.717, 1.165) is 11.1 Å². The summed E-state index contributed by atoms with van der Waals surface area (Å²) >= 11 is 0. The van der Waals surface area contributed by atoms with Gasteiger partial charge in [-0.2, -0.15) is 0 Å². The molecule has 2 N–H and O–H groups in total. The molecule has 0 aromatic heterocycles. The largest absolute Gasteiger partial charge is 0.461 e. The number of amides is 2. The van der Waals surface area contributed by atoms with Crippen LogP contribution in [0.15, 0.2) is 121 Å². The number of hydrogen-bond donors (Lipinski definition) is 2. The van der Waals surface area contributed by atoms with Crippen LogP contribution in [0.2, 0.25) is 0 Å². The Hall–Kier alpha value is -5.97. The number of esters is 3. The molecule has 0 fully saturated rings. The number of carbonyl (C=O) groups excluding carboxylic acids is 5. The summed E-state index contributed by atoms with van der Waals surface area (Å²) in [4.78, 5) is 65.1. The van der Waals surface area contributed by atoms with Crippen LogP contribution in [0.5, 0.6) is 0 Å². The van der Waals surface area contributed by atoms with Gasteiger partial charge in [-0.15, -0.1) is 0 Å². The van der Waals surface area contributed by atoms with E-state index in [1.54, 1.807) is 103 Å². The number of hydrogen-bond acceptors (Lipinski definition) is 9. The fourth-order valence-corrected chi connectivity index (χ4v) is 4.34. The highest BCUT2D eigenvalue weighted by atomic mass is 16.6. The van der Waals surface area contributed by atoms with Crippen molar-refractivity contribution in [2.75, 3.05) is 0 Å². The third-order valence-electron chi connectivity index (χ3n) is 6.87. The SMILES string of the molecule is O=C(C[C@H](NC(=O)OCc1ccccc1)C(=O)N[C@H](CC(=O)OCc1ccccc1)C(=O)OCc1ccccc1)OCc1ccccc1. The van der Waals surface area contributed by atoms with Crippen molar-refractivity contribution in [1.29, 1.82) is 0 Å². The molecule has 0 unspecified atom stereocenters. The summed E-state index contributed by atoms with van der Waals surface area (Å²) in [5.41, 5.74) is 2.83. The van der Waals surface area contributed by atoms with Gasteiger partial charge in [0.25, 0.3) is 0 Å². The molecule has 0 spiro atoms. The lowest BCUT2D eigenvalue weighted by Gasteiger charge is -2.22. The van der Waals surface area contributed by atoms with Gasteiger partial charge in [0.05, 0.1) is 12.8 Å². The summed E-state index contributed by atoms with van der Waals surface area (Å²) in [6.45, 7) is -0.330. The van der Waals surface area contributed by atoms with Crippen LogP contribution in [-0.4, -0.2) is 42.0 Å². The molecule has 0 aliphatic rings. The van der Waals surface area contributed by atoms with Crippen LogP contribution in [0, 0.1) is 0 Å². The Balaban J connectivity index is 1.45. The van der Waals surface area contributed by atoms with E-state index in [2.05, 4.69) is 10.6 Å². The Bertz CT molecular complexity index is 1560. The van der Waals surface area contributed by atoms with Crippen LogP contribution >= 0.6 is 0 Å². The predicted molar refractivity (Wildman–Crippen MR) is 173 cm³/mol. The van der Waals surface area contributed by atoms with Crippen molar-refractivity contribution in [3.05, 3.63) is 144 Å². The second-order valence-electron chi connectivity index (χ2n) is 10.6. The van der Waals surface area contributed by atoms with Crippen LogP contribution < -0.4 is 10.6 Å². The van der Waals surface area contributed by atoms with Gasteiger partial charge in [0.15, 0.2) is 0 Å². The summed E-state index contributed by atoms with van der Waals surface area (Å²) in [5.74, 6) is -3.44. The fraction of sp³-hybridized carbons (Fsp3) is 0.216. The van der Waals surface area contributed by atoms with Crippen LogP contribution in [0.4, 0.5) is 4.79 Å². The Morgan fingerprint density at radius 1 is 0.438 bits per heavy atom. The van der Waals surface area contributed by atoms with Crippen molar-refractivity contribution in [2.24, 2.45) is 0 Å². The van der Waals surface area contributed by atoms with Gasteiger partial charge in [0, 0.05) is 0 Å². The molecule has 248 valence electrons. The van der Waals surface area contributed by atoms with Crippen LogP contribution in [0.3, 0.4) is 0 Å². The lowest BCUT2D eigenvalue weighted by atomic mass is 10.1. The molecular formula is C37H36N2O9. The zero-order valence-corrected chi connectivity index (χ0v) is 26.1. The third kappa shape index (κ3) is 12.4. The molecule has 0 saturated carbocycles. The highest BCUT2D eigenvalue weighted by molar-refractivity contribution is 5.93. The third-order valence-corrected chi connectivity index (χ3v) is 6.87. The van der Waals surface area contributed by atoms with Crippen molar-refractivity contribution < 1.29 is 42.9 Å². The van der Waals surface area contributed by atoms with Crippen molar-refractivity contribution in [1.82, 2.24) is 10.6 Å². The summed E-state index contributed by atoms with van der Waals surface area (Å²) in [7, 11) is 0. The van der Waals surface area contributed by atoms with E-state index < -0.39 is 54.8 Å². The predicted octanol–water partition coefficient (Wildman–Crippen LogP) is 4.78. The first-order chi connectivity index (χ1) is 23.4. The van der Waals surface area contributed by atoms with Crippen molar-refractivity contribution in [3.8, 4) is 0 Å². The summed E-state index contributed by atoms with van der Waals surface area (Å²) in [6, 6.07) is 32.5. The van der Waals surface area contributed by atoms with Crippen molar-refractivity contribution in [2.45, 2.75) is 51.4 Å². The van der Waals surface area contributed by atoms with Gasteiger partial charge >= 0.3 is 24.0 Å². The standard InChI is InChI=1S/C37H36N2O9/c40-33(45-23-27-13-5-1-6-14-27)21-31(39-37(44)48-26-30-19-11-4-12-20-30)35(42)38-32(36(43)47-25-29-17-9-3-10-18-29)22-34(41)46-24-28-15-7-2-8-16-28/h1-20,31-32H,21-26H2,(H,38,42)(H,39,44)/t31-,32+/m0/s1. The molecule has 2 amide bonds. The molecule has 4 rings (SSSR count). The minimum Gasteiger partial charge on any atom is -0.461 e. The van der Waals surface area contributed by atoms with E-state index >= 15 is 0 Å². The maximum absolute atomic E-state index is 13.6. The van der Waals surface area contributed by atoms with E-state index in [-0.39, 0.29) is 26.4 Å². The summed E-state index contributed by atoms with van der Waals surface area (Å²) < 4.78 is 21.3. The number of benzene rings is 4. The van der Waals surface area contributed by atoms with Gasteiger partial charge in [-0.05, 0) is 22.3 Å². The number of alkyl carbamates (subject to hydrolysis) is 1. The van der Waals surface area contributed by atoms with Gasteiger partial charge in [0.1, 0.15) is 38.5 Å². The molecule has 11 nitrogen and oxygen atoms in total. The van der Waals surface area contributed by atoms with Gasteiger partial charge in [-0.1, -0.05) is 121 Å². The Labute approximate surface area is 278 Å². The topological polar surface area (TPSA) is 146 Å². The minimum atomic E-state index is -1.53. The highest BCUT2D eigenvalue weighted by Gasteiger charge is 2.32. The molecule has 48 heavy (non-hydrogen) atoms. The molecule has 2 atom stereocenters. The zero-order valence-electron chi connectivity index (χ0n) is 26.1. The molecule has 0 heterocycles. The average Bonchev–Trinajstić information content (AvgIpc) is 3.12. The van der Waals surface area contributed by atoms with E-state index in [9.17, 15) is 24.0 Å². The first kappa shape index (κ1) is 34.9. The number of carbonyl (C=O) groups is 5. The number of ether oxygens (including phenoxy) is 4. The van der Waals surface area contributed by atoms with Gasteiger partial charge in [0.2, 0.25) is 5.91 Å². The van der Waals surface area contributed by atoms with Crippen LogP contribution in [0.1, 0.15) is 35.1 Å². The number of rotatable bonds is 16. The van der Waals surface area contributed by atoms with E-state index in [1.807, 2.05) is 18.2 Å². The van der Waals surface area contributed by atoms with E-state index in [0.29, 0.717) is 11.1 Å². The number of nitrogens with one attached hydrogen (secondary N) is 2. The molecule has 4 aromatic rings. The Kier molecular flexibility index (Phi) is 13.7. The van der Waals surface area contributed by atoms with Crippen LogP contribution in [0.25, 0.3) is 0 Å². The van der Waals surface area contributed by atoms with Crippen molar-refractivity contribution >= 4 is 29.9 Å². The van der Waals surface area contributed by atoms with E-state index in [4.69, 9.17) is 18.9 Å². The van der Waals surface area contributed by atoms with E-state index in [1.165, 1.54) is 0 Å². The molecule has 0 aliphatic heterocycles. The second-order valence-corrected chi connectivity index (χ2v) is 10.6. The Morgan fingerprint density at radius 3 is 1.21 bits per heavy atom. The molecule has 11 heteroatoms. The summed E-state index contributed by atoms with van der Waals surface area (Å²) in [6.07, 6.45) is -2.15. The Morgan fingerprint density at radius 2 is 0.792 bits per heavy atom. The summed E-state index contributed by atoms with van der Waals surface area (Å²) in [5, 5.41) is 4.82. The van der Waals surface area contributed by atoms with Crippen LogP contribution in [-0.2, 0) is 64.6 Å². The quantitative estimate of drug-likeness (QED) is 0.129. The monoisotopic (exact) mass is 652 g/mol. The molecule has 0 radical (unpaired) electrons. The molecule has 0 bridgehead atoms. The maximum atomic E-state index is 13.6. The maximum Gasteiger partial charge on any atom is 0.408 e. The van der Waals surface area contributed by atoms with Crippen molar-refractivity contribution in [3.63, 3.8) is 0 Å². The lowest BCUT2D eigenvalue weighted by Crippen LogP contribution is -2.53. The van der Waals surface area contributed by atoms with Gasteiger partial charge in [-0.25, -0.2) is 9.59 Å². The normalized spacial score (nSPS) is 11.7. The molecular weight excluding hydrogens is 616 g/mol.